The zero-order valence-corrected chi connectivity index (χ0v) is 15.8. The van der Waals surface area contributed by atoms with Crippen molar-refractivity contribution in [3.8, 4) is 17.5 Å². The minimum atomic E-state index is -0.629. The number of hydrogen-bond donors (Lipinski definition) is 1. The van der Waals surface area contributed by atoms with Gasteiger partial charge in [0, 0.05) is 31.5 Å². The number of nitriles is 1. The van der Waals surface area contributed by atoms with E-state index in [1.807, 2.05) is 0 Å². The van der Waals surface area contributed by atoms with Crippen molar-refractivity contribution < 1.29 is 9.18 Å². The number of piperidine rings is 1. The van der Waals surface area contributed by atoms with Crippen molar-refractivity contribution in [1.29, 1.82) is 5.26 Å². The molecule has 0 saturated carbocycles. The number of alkyl halides is 1. The quantitative estimate of drug-likeness (QED) is 0.715. The smallest absolute Gasteiger partial charge is 0.225 e. The third-order valence-electron chi connectivity index (χ3n) is 4.98. The summed E-state index contributed by atoms with van der Waals surface area (Å²) in [6.45, 7) is 0.561. The molecule has 0 bridgehead atoms. The van der Waals surface area contributed by atoms with Crippen LogP contribution < -0.4 is 5.32 Å². The first-order valence-corrected chi connectivity index (χ1v) is 9.49. The molecule has 8 nitrogen and oxygen atoms in total. The monoisotopic (exact) mass is 393 g/mol. The number of rotatable bonds is 5. The van der Waals surface area contributed by atoms with Gasteiger partial charge in [-0.2, -0.15) is 10.4 Å². The Labute approximate surface area is 167 Å². The number of carbonyl (C=O) groups is 1. The van der Waals surface area contributed by atoms with Crippen LogP contribution in [0.3, 0.4) is 0 Å². The standard InChI is InChI=1S/C20H20FN7O/c21-6-3-19(29)27-8-1-2-15(13-27)25-18-4-7-23-20(26-18)16-12-24-28-9-5-14(11-22)10-17(16)28/h4-5,7,9-10,12,15H,1-3,6,8,13H2,(H,23,25,26). The molecule has 4 heterocycles. The molecule has 0 aromatic carbocycles. The van der Waals surface area contributed by atoms with E-state index < -0.39 is 6.67 Å². The second kappa shape index (κ2) is 8.22. The van der Waals surface area contributed by atoms with Crippen LogP contribution in [0.4, 0.5) is 10.2 Å². The summed E-state index contributed by atoms with van der Waals surface area (Å²) >= 11 is 0. The van der Waals surface area contributed by atoms with Crippen LogP contribution in [-0.2, 0) is 4.79 Å². The first-order chi connectivity index (χ1) is 14.2. The SMILES string of the molecule is N#Cc1ccn2ncc(-c3nccc(NC4CCCN(C(=O)CCF)C4)n3)c2c1. The van der Waals surface area contributed by atoms with E-state index >= 15 is 0 Å². The van der Waals surface area contributed by atoms with E-state index in [4.69, 9.17) is 5.26 Å². The molecule has 0 radical (unpaired) electrons. The fraction of sp³-hybridized carbons (Fsp3) is 0.350. The molecule has 1 amide bonds. The normalized spacial score (nSPS) is 16.6. The maximum atomic E-state index is 12.5. The predicted molar refractivity (Wildman–Crippen MR) is 105 cm³/mol. The van der Waals surface area contributed by atoms with Crippen molar-refractivity contribution >= 4 is 17.2 Å². The molecule has 9 heteroatoms. The number of aromatic nitrogens is 4. The molecule has 0 spiro atoms. The Bertz CT molecular complexity index is 1070. The Hall–Kier alpha value is -3.54. The summed E-state index contributed by atoms with van der Waals surface area (Å²) in [4.78, 5) is 22.6. The first-order valence-electron chi connectivity index (χ1n) is 9.49. The van der Waals surface area contributed by atoms with Gasteiger partial charge in [-0.25, -0.2) is 14.5 Å². The topological polar surface area (TPSA) is 99.2 Å². The van der Waals surface area contributed by atoms with E-state index in [0.717, 1.165) is 23.9 Å². The van der Waals surface area contributed by atoms with Gasteiger partial charge in [-0.15, -0.1) is 0 Å². The van der Waals surface area contributed by atoms with Crippen molar-refractivity contribution in [2.75, 3.05) is 25.1 Å². The number of carbonyl (C=O) groups excluding carboxylic acids is 1. The molecule has 0 aliphatic carbocycles. The lowest BCUT2D eigenvalue weighted by Crippen LogP contribution is -2.45. The molecule has 1 fully saturated rings. The van der Waals surface area contributed by atoms with E-state index in [0.29, 0.717) is 30.3 Å². The molecule has 4 rings (SSSR count). The Morgan fingerprint density at radius 1 is 1.41 bits per heavy atom. The van der Waals surface area contributed by atoms with Gasteiger partial charge in [0.15, 0.2) is 5.82 Å². The van der Waals surface area contributed by atoms with Crippen molar-refractivity contribution in [3.63, 3.8) is 0 Å². The van der Waals surface area contributed by atoms with Gasteiger partial charge in [0.1, 0.15) is 5.82 Å². The van der Waals surface area contributed by atoms with E-state index in [1.54, 1.807) is 46.2 Å². The summed E-state index contributed by atoms with van der Waals surface area (Å²) in [6, 6.07) is 7.39. The van der Waals surface area contributed by atoms with Gasteiger partial charge < -0.3 is 10.2 Å². The second-order valence-electron chi connectivity index (χ2n) is 6.94. The minimum Gasteiger partial charge on any atom is -0.365 e. The van der Waals surface area contributed by atoms with Crippen molar-refractivity contribution in [2.24, 2.45) is 0 Å². The van der Waals surface area contributed by atoms with Crippen LogP contribution in [0.15, 0.2) is 36.8 Å². The van der Waals surface area contributed by atoms with E-state index in [2.05, 4.69) is 26.5 Å². The number of halogens is 1. The molecule has 1 saturated heterocycles. The Morgan fingerprint density at radius 2 is 2.31 bits per heavy atom. The molecular weight excluding hydrogens is 373 g/mol. The largest absolute Gasteiger partial charge is 0.365 e. The van der Waals surface area contributed by atoms with Crippen LogP contribution in [0.5, 0.6) is 0 Å². The Balaban J connectivity index is 1.54. The Kier molecular flexibility index (Phi) is 5.33. The molecule has 1 unspecified atom stereocenters. The van der Waals surface area contributed by atoms with Crippen LogP contribution in [0.25, 0.3) is 16.9 Å². The highest BCUT2D eigenvalue weighted by Gasteiger charge is 2.23. The lowest BCUT2D eigenvalue weighted by Gasteiger charge is -2.33. The van der Waals surface area contributed by atoms with Gasteiger partial charge in [0.2, 0.25) is 5.91 Å². The number of pyridine rings is 1. The van der Waals surface area contributed by atoms with Crippen LogP contribution in [0.2, 0.25) is 0 Å². The van der Waals surface area contributed by atoms with Gasteiger partial charge in [-0.05, 0) is 31.0 Å². The highest BCUT2D eigenvalue weighted by molar-refractivity contribution is 5.77. The molecular formula is C20H20FN7O. The molecule has 1 atom stereocenters. The van der Waals surface area contributed by atoms with Gasteiger partial charge in [0.25, 0.3) is 0 Å². The molecule has 3 aromatic rings. The molecule has 3 aromatic heterocycles. The number of amides is 1. The van der Waals surface area contributed by atoms with E-state index in [9.17, 15) is 9.18 Å². The average Bonchev–Trinajstić information content (AvgIpc) is 3.17. The number of nitrogens with one attached hydrogen (secondary N) is 1. The molecule has 148 valence electrons. The molecule has 1 aliphatic heterocycles. The lowest BCUT2D eigenvalue weighted by atomic mass is 10.1. The number of fused-ring (bicyclic) bond motifs is 1. The maximum absolute atomic E-state index is 12.5. The minimum absolute atomic E-state index is 0.0455. The maximum Gasteiger partial charge on any atom is 0.225 e. The van der Waals surface area contributed by atoms with Crippen molar-refractivity contribution in [1.82, 2.24) is 24.5 Å². The zero-order chi connectivity index (χ0) is 20.2. The van der Waals surface area contributed by atoms with Crippen LogP contribution in [0, 0.1) is 11.3 Å². The van der Waals surface area contributed by atoms with Gasteiger partial charge in [-0.3, -0.25) is 9.18 Å². The highest BCUT2D eigenvalue weighted by Crippen LogP contribution is 2.23. The molecule has 1 N–H and O–H groups in total. The number of likely N-dealkylation sites (tertiary alicyclic amines) is 1. The second-order valence-corrected chi connectivity index (χ2v) is 6.94. The zero-order valence-electron chi connectivity index (χ0n) is 15.8. The van der Waals surface area contributed by atoms with Crippen LogP contribution in [0.1, 0.15) is 24.8 Å². The van der Waals surface area contributed by atoms with E-state index in [1.165, 1.54) is 0 Å². The lowest BCUT2D eigenvalue weighted by molar-refractivity contribution is -0.132. The summed E-state index contributed by atoms with van der Waals surface area (Å²) in [5.74, 6) is 0.999. The summed E-state index contributed by atoms with van der Waals surface area (Å²) in [7, 11) is 0. The average molecular weight is 393 g/mol. The number of nitrogens with zero attached hydrogens (tertiary/aromatic N) is 6. The number of hydrogen-bond acceptors (Lipinski definition) is 6. The van der Waals surface area contributed by atoms with Gasteiger partial charge in [-0.1, -0.05) is 0 Å². The third-order valence-corrected chi connectivity index (χ3v) is 4.98. The van der Waals surface area contributed by atoms with Crippen LogP contribution in [-0.4, -0.2) is 56.2 Å². The highest BCUT2D eigenvalue weighted by atomic mass is 19.1. The van der Waals surface area contributed by atoms with Gasteiger partial charge in [0.05, 0.1) is 42.0 Å². The first kappa shape index (κ1) is 18.8. The summed E-state index contributed by atoms with van der Waals surface area (Å²) in [5, 5.41) is 16.8. The summed E-state index contributed by atoms with van der Waals surface area (Å²) < 4.78 is 14.2. The fourth-order valence-corrected chi connectivity index (χ4v) is 3.56. The molecule has 29 heavy (non-hydrogen) atoms. The third kappa shape index (κ3) is 4.01. The van der Waals surface area contributed by atoms with Crippen molar-refractivity contribution in [2.45, 2.75) is 25.3 Å². The van der Waals surface area contributed by atoms with Gasteiger partial charge >= 0.3 is 0 Å². The fourth-order valence-electron chi connectivity index (χ4n) is 3.56. The van der Waals surface area contributed by atoms with E-state index in [-0.39, 0.29) is 18.4 Å². The molecule has 1 aliphatic rings. The Morgan fingerprint density at radius 3 is 3.14 bits per heavy atom. The summed E-state index contributed by atoms with van der Waals surface area (Å²) in [5.41, 5.74) is 2.02. The van der Waals surface area contributed by atoms with Crippen molar-refractivity contribution in [3.05, 3.63) is 42.4 Å². The predicted octanol–water partition coefficient (Wildman–Crippen LogP) is 2.43. The number of anilines is 1. The van der Waals surface area contributed by atoms with Crippen LogP contribution >= 0.6 is 0 Å². The summed E-state index contributed by atoms with van der Waals surface area (Å²) in [6.07, 6.45) is 6.76.